The molecule has 0 aliphatic carbocycles. The number of ether oxygens (including phenoxy) is 2. The fourth-order valence-electron chi connectivity index (χ4n) is 4.50. The molecule has 2 N–H and O–H groups in total. The van der Waals surface area contributed by atoms with Crippen molar-refractivity contribution in [3.63, 3.8) is 0 Å². The van der Waals surface area contributed by atoms with Crippen molar-refractivity contribution < 1.29 is 19.4 Å². The number of piperidine rings is 1. The quantitative estimate of drug-likeness (QED) is 0.321. The number of anilines is 2. The maximum atomic E-state index is 11.9. The first kappa shape index (κ1) is 25.7. The molecule has 0 radical (unpaired) electrons. The number of carbonyl (C=O) groups is 1. The van der Waals surface area contributed by atoms with Crippen molar-refractivity contribution in [2.45, 2.75) is 19.4 Å². The van der Waals surface area contributed by atoms with Gasteiger partial charge in [-0.05, 0) is 55.3 Å². The first-order valence-corrected chi connectivity index (χ1v) is 12.8. The molecule has 0 spiro atoms. The number of amides is 1. The van der Waals surface area contributed by atoms with Gasteiger partial charge in [-0.3, -0.25) is 9.78 Å². The summed E-state index contributed by atoms with van der Waals surface area (Å²) in [5.41, 5.74) is 2.29. The second kappa shape index (κ2) is 12.1. The second-order valence-corrected chi connectivity index (χ2v) is 9.48. The number of pyridine rings is 1. The predicted molar refractivity (Wildman–Crippen MR) is 145 cm³/mol. The van der Waals surface area contributed by atoms with Crippen LogP contribution in [-0.4, -0.2) is 57.2 Å². The number of carbonyl (C=O) groups excluding carboxylic acids is 1. The van der Waals surface area contributed by atoms with E-state index in [2.05, 4.69) is 20.3 Å². The van der Waals surface area contributed by atoms with Crippen LogP contribution < -0.4 is 14.8 Å². The van der Waals surface area contributed by atoms with E-state index in [-0.39, 0.29) is 11.8 Å². The lowest BCUT2D eigenvalue weighted by Crippen LogP contribution is -2.42. The van der Waals surface area contributed by atoms with Crippen LogP contribution in [0.2, 0.25) is 5.02 Å². The molecule has 0 saturated carbocycles. The van der Waals surface area contributed by atoms with E-state index in [0.29, 0.717) is 48.6 Å². The van der Waals surface area contributed by atoms with Gasteiger partial charge in [0.2, 0.25) is 5.91 Å². The number of aliphatic hydroxyl groups excluding tert-OH is 1. The van der Waals surface area contributed by atoms with Crippen LogP contribution in [0.5, 0.6) is 11.5 Å². The Bertz CT molecular complexity index is 1400. The van der Waals surface area contributed by atoms with Crippen LogP contribution in [0.15, 0.2) is 67.1 Å². The molecule has 5 rings (SSSR count). The van der Waals surface area contributed by atoms with Crippen molar-refractivity contribution >= 4 is 39.9 Å². The first-order chi connectivity index (χ1) is 18.6. The van der Waals surface area contributed by atoms with Crippen LogP contribution in [0.1, 0.15) is 18.5 Å². The second-order valence-electron chi connectivity index (χ2n) is 9.07. The van der Waals surface area contributed by atoms with Crippen LogP contribution in [0.25, 0.3) is 10.9 Å². The highest BCUT2D eigenvalue weighted by molar-refractivity contribution is 6.32. The maximum Gasteiger partial charge on any atom is 0.248 e. The Kier molecular flexibility index (Phi) is 8.15. The normalized spacial score (nSPS) is 15.3. The average molecular weight is 534 g/mol. The van der Waals surface area contributed by atoms with Gasteiger partial charge in [-0.1, -0.05) is 23.7 Å². The Morgan fingerprint density at radius 1 is 1.08 bits per heavy atom. The number of hydrogen-bond acceptors (Lipinski definition) is 8. The van der Waals surface area contributed by atoms with Gasteiger partial charge in [-0.15, -0.1) is 0 Å². The molecule has 1 fully saturated rings. The zero-order valence-electron chi connectivity index (χ0n) is 20.7. The van der Waals surface area contributed by atoms with Gasteiger partial charge in [0.15, 0.2) is 0 Å². The lowest BCUT2D eigenvalue weighted by Gasteiger charge is -2.32. The number of likely N-dealkylation sites (tertiary alicyclic amines) is 1. The van der Waals surface area contributed by atoms with E-state index >= 15 is 0 Å². The van der Waals surface area contributed by atoms with Crippen LogP contribution in [-0.2, 0) is 11.4 Å². The first-order valence-electron chi connectivity index (χ1n) is 12.4. The van der Waals surface area contributed by atoms with Crippen molar-refractivity contribution in [1.29, 1.82) is 0 Å². The van der Waals surface area contributed by atoms with Crippen molar-refractivity contribution in [3.05, 3.63) is 77.8 Å². The lowest BCUT2D eigenvalue weighted by molar-refractivity contribution is -0.136. The molecular weight excluding hydrogens is 506 g/mol. The number of aromatic nitrogens is 3. The molecule has 1 aliphatic rings. The van der Waals surface area contributed by atoms with Gasteiger partial charge in [-0.25, -0.2) is 9.97 Å². The molecule has 1 aliphatic heterocycles. The molecule has 1 atom stereocenters. The Labute approximate surface area is 225 Å². The molecule has 1 amide bonds. The summed E-state index contributed by atoms with van der Waals surface area (Å²) in [5.74, 6) is 1.72. The van der Waals surface area contributed by atoms with E-state index in [1.54, 1.807) is 23.2 Å². The lowest BCUT2D eigenvalue weighted by atomic mass is 9.99. The van der Waals surface area contributed by atoms with Gasteiger partial charge in [0.05, 0.1) is 28.2 Å². The summed E-state index contributed by atoms with van der Waals surface area (Å²) in [7, 11) is 0. The molecular formula is C28H28ClN5O4. The van der Waals surface area contributed by atoms with Gasteiger partial charge >= 0.3 is 0 Å². The zero-order chi connectivity index (χ0) is 26.3. The molecule has 2 aromatic heterocycles. The van der Waals surface area contributed by atoms with E-state index in [0.717, 1.165) is 35.1 Å². The smallest absolute Gasteiger partial charge is 0.248 e. The molecule has 0 bridgehead atoms. The largest absolute Gasteiger partial charge is 0.492 e. The minimum atomic E-state index is -0.468. The highest BCUT2D eigenvalue weighted by Gasteiger charge is 2.24. The molecule has 2 aromatic carbocycles. The third-order valence-corrected chi connectivity index (χ3v) is 6.70. The summed E-state index contributed by atoms with van der Waals surface area (Å²) >= 11 is 6.51. The third-order valence-electron chi connectivity index (χ3n) is 6.40. The summed E-state index contributed by atoms with van der Waals surface area (Å²) < 4.78 is 12.1. The van der Waals surface area contributed by atoms with Gasteiger partial charge in [0.25, 0.3) is 0 Å². The van der Waals surface area contributed by atoms with Crippen LogP contribution in [0.4, 0.5) is 11.5 Å². The summed E-state index contributed by atoms with van der Waals surface area (Å²) in [6, 6.07) is 16.8. The predicted octanol–water partition coefficient (Wildman–Crippen LogP) is 4.61. The minimum Gasteiger partial charge on any atom is -0.492 e. The number of nitrogens with zero attached hydrogens (tertiary/aromatic N) is 4. The van der Waals surface area contributed by atoms with Gasteiger partial charge in [-0.2, -0.15) is 0 Å². The van der Waals surface area contributed by atoms with Gasteiger partial charge in [0.1, 0.15) is 36.9 Å². The SMILES string of the molecule is O=C(CO)N1CCCC(COc2cccc3ncnc(Nc4ccc(OCc5ccccn5)c(Cl)c4)c23)C1. The van der Waals surface area contributed by atoms with E-state index in [1.807, 2.05) is 42.5 Å². The van der Waals surface area contributed by atoms with Crippen molar-refractivity contribution in [1.82, 2.24) is 19.9 Å². The van der Waals surface area contributed by atoms with Gasteiger partial charge in [0, 0.05) is 30.9 Å². The average Bonchev–Trinajstić information content (AvgIpc) is 2.96. The zero-order valence-corrected chi connectivity index (χ0v) is 21.5. The fraction of sp³-hybridized carbons (Fsp3) is 0.286. The van der Waals surface area contributed by atoms with Crippen LogP contribution in [0, 0.1) is 5.92 Å². The summed E-state index contributed by atoms with van der Waals surface area (Å²) in [5, 5.41) is 13.7. The Hall–Kier alpha value is -3.95. The molecule has 4 aromatic rings. The summed E-state index contributed by atoms with van der Waals surface area (Å²) in [4.78, 5) is 26.7. The Morgan fingerprint density at radius 2 is 2.00 bits per heavy atom. The molecule has 3 heterocycles. The number of halogens is 1. The molecule has 10 heteroatoms. The molecule has 38 heavy (non-hydrogen) atoms. The van der Waals surface area contributed by atoms with E-state index in [1.165, 1.54) is 6.33 Å². The van der Waals surface area contributed by atoms with Crippen molar-refractivity contribution in [2.24, 2.45) is 5.92 Å². The third kappa shape index (κ3) is 6.12. The van der Waals surface area contributed by atoms with Crippen LogP contribution >= 0.6 is 11.6 Å². The molecule has 1 saturated heterocycles. The van der Waals surface area contributed by atoms with E-state index < -0.39 is 6.61 Å². The topological polar surface area (TPSA) is 110 Å². The van der Waals surface area contributed by atoms with Crippen LogP contribution in [0.3, 0.4) is 0 Å². The monoisotopic (exact) mass is 533 g/mol. The standard InChI is InChI=1S/C28H28ClN5O4/c29-22-13-20(9-10-24(22)38-17-21-6-1-2-11-30-21)33-28-27-23(31-18-32-28)7-3-8-25(27)37-16-19-5-4-12-34(14-19)26(36)15-35/h1-3,6-11,13,18-19,35H,4-5,12,14-17H2,(H,31,32,33). The Morgan fingerprint density at radius 3 is 2.82 bits per heavy atom. The van der Waals surface area contributed by atoms with Crippen molar-refractivity contribution in [3.8, 4) is 11.5 Å². The molecule has 196 valence electrons. The molecule has 1 unspecified atom stereocenters. The van der Waals surface area contributed by atoms with E-state index in [4.69, 9.17) is 21.1 Å². The Balaban J connectivity index is 1.30. The number of benzene rings is 2. The molecule has 9 nitrogen and oxygen atoms in total. The highest BCUT2D eigenvalue weighted by atomic mass is 35.5. The number of nitrogens with one attached hydrogen (secondary N) is 1. The number of aliphatic hydroxyl groups is 1. The maximum absolute atomic E-state index is 11.9. The summed E-state index contributed by atoms with van der Waals surface area (Å²) in [6.07, 6.45) is 5.06. The van der Waals surface area contributed by atoms with Crippen molar-refractivity contribution in [2.75, 3.05) is 31.6 Å². The van der Waals surface area contributed by atoms with Gasteiger partial charge < -0.3 is 24.8 Å². The number of rotatable bonds is 9. The number of fused-ring (bicyclic) bond motifs is 1. The summed E-state index contributed by atoms with van der Waals surface area (Å²) in [6.45, 7) is 1.53. The van der Waals surface area contributed by atoms with E-state index in [9.17, 15) is 9.90 Å². The highest BCUT2D eigenvalue weighted by Crippen LogP contribution is 2.34. The minimum absolute atomic E-state index is 0.174. The fourth-order valence-corrected chi connectivity index (χ4v) is 4.73. The number of hydrogen-bond donors (Lipinski definition) is 2.